The van der Waals surface area contributed by atoms with Crippen molar-refractivity contribution in [2.75, 3.05) is 13.7 Å². The molecule has 0 spiro atoms. The number of amides is 1. The number of benzene rings is 2. The summed E-state index contributed by atoms with van der Waals surface area (Å²) < 4.78 is 7.14. The number of rotatable bonds is 6. The molecule has 25 heavy (non-hydrogen) atoms. The topological polar surface area (TPSA) is 67.6 Å². The molecule has 0 fully saturated rings. The number of aromatic nitrogens is 2. The van der Waals surface area contributed by atoms with Gasteiger partial charge in [0, 0.05) is 25.4 Å². The Morgan fingerprint density at radius 3 is 2.64 bits per heavy atom. The number of phenols is 1. The van der Waals surface area contributed by atoms with E-state index in [1.54, 1.807) is 41.0 Å². The third-order valence-electron chi connectivity index (χ3n) is 3.72. The zero-order chi connectivity index (χ0) is 17.6. The summed E-state index contributed by atoms with van der Waals surface area (Å²) in [6.45, 7) is 0.288. The van der Waals surface area contributed by atoms with E-state index in [9.17, 15) is 9.90 Å². The fraction of sp³-hybridized carbons (Fsp3) is 0.158. The predicted molar refractivity (Wildman–Crippen MR) is 93.6 cm³/mol. The average molecular weight is 337 g/mol. The Labute approximate surface area is 145 Å². The molecule has 3 rings (SSSR count). The van der Waals surface area contributed by atoms with Crippen LogP contribution in [0.4, 0.5) is 0 Å². The zero-order valence-corrected chi connectivity index (χ0v) is 13.9. The first-order valence-corrected chi connectivity index (χ1v) is 7.87. The molecule has 0 radical (unpaired) electrons. The summed E-state index contributed by atoms with van der Waals surface area (Å²) in [5, 5.41) is 14.0. The van der Waals surface area contributed by atoms with Gasteiger partial charge in [0.1, 0.15) is 0 Å². The van der Waals surface area contributed by atoms with Crippen LogP contribution in [0.2, 0.25) is 0 Å². The van der Waals surface area contributed by atoms with Crippen molar-refractivity contribution in [2.45, 2.75) is 6.54 Å². The molecule has 0 unspecified atom stereocenters. The molecule has 1 aromatic heterocycles. The maximum Gasteiger partial charge on any atom is 0.260 e. The van der Waals surface area contributed by atoms with E-state index in [1.807, 2.05) is 36.5 Å². The zero-order valence-electron chi connectivity index (χ0n) is 13.9. The molecule has 0 saturated carbocycles. The molecule has 128 valence electrons. The Bertz CT molecular complexity index is 846. The first-order valence-electron chi connectivity index (χ1n) is 7.87. The number of para-hydroxylation sites is 3. The van der Waals surface area contributed by atoms with E-state index in [2.05, 4.69) is 5.10 Å². The molecule has 0 aliphatic rings. The van der Waals surface area contributed by atoms with E-state index < -0.39 is 0 Å². The number of phenolic OH excluding ortho intramolecular Hbond substituents is 1. The van der Waals surface area contributed by atoms with E-state index in [0.717, 1.165) is 11.3 Å². The number of carbonyl (C=O) groups is 1. The van der Waals surface area contributed by atoms with Crippen molar-refractivity contribution in [1.29, 1.82) is 0 Å². The number of ether oxygens (including phenoxy) is 1. The van der Waals surface area contributed by atoms with Crippen LogP contribution >= 0.6 is 0 Å². The van der Waals surface area contributed by atoms with Gasteiger partial charge in [-0.3, -0.25) is 4.79 Å². The lowest BCUT2D eigenvalue weighted by molar-refractivity contribution is -0.132. The van der Waals surface area contributed by atoms with Gasteiger partial charge >= 0.3 is 0 Å². The lowest BCUT2D eigenvalue weighted by Gasteiger charge is -2.16. The molecule has 1 heterocycles. The lowest BCUT2D eigenvalue weighted by atomic mass is 10.3. The van der Waals surface area contributed by atoms with Gasteiger partial charge in [-0.2, -0.15) is 5.10 Å². The first kappa shape index (κ1) is 16.6. The summed E-state index contributed by atoms with van der Waals surface area (Å²) in [5.41, 5.74) is 1.88. The van der Waals surface area contributed by atoms with Crippen LogP contribution < -0.4 is 4.74 Å². The van der Waals surface area contributed by atoms with Gasteiger partial charge in [-0.05, 0) is 24.3 Å². The number of aromatic hydroxyl groups is 1. The summed E-state index contributed by atoms with van der Waals surface area (Å²) in [4.78, 5) is 13.8. The second-order valence-corrected chi connectivity index (χ2v) is 5.63. The molecule has 0 saturated heterocycles. The van der Waals surface area contributed by atoms with Gasteiger partial charge in [0.2, 0.25) is 0 Å². The quantitative estimate of drug-likeness (QED) is 0.751. The van der Waals surface area contributed by atoms with Gasteiger partial charge in [-0.1, -0.05) is 30.3 Å². The van der Waals surface area contributed by atoms with Crippen LogP contribution in [0.5, 0.6) is 11.5 Å². The molecule has 6 heteroatoms. The van der Waals surface area contributed by atoms with Crippen LogP contribution in [0.1, 0.15) is 5.56 Å². The fourth-order valence-corrected chi connectivity index (χ4v) is 2.35. The number of hydrogen-bond acceptors (Lipinski definition) is 4. The van der Waals surface area contributed by atoms with Gasteiger partial charge in [0.15, 0.2) is 18.1 Å². The van der Waals surface area contributed by atoms with E-state index in [0.29, 0.717) is 12.3 Å². The highest BCUT2D eigenvalue weighted by Gasteiger charge is 2.12. The van der Waals surface area contributed by atoms with E-state index in [4.69, 9.17) is 4.74 Å². The Kier molecular flexibility index (Phi) is 4.99. The van der Waals surface area contributed by atoms with Crippen LogP contribution in [0, 0.1) is 0 Å². The third-order valence-corrected chi connectivity index (χ3v) is 3.72. The van der Waals surface area contributed by atoms with Crippen LogP contribution in [0.3, 0.4) is 0 Å². The second kappa shape index (κ2) is 7.53. The average Bonchev–Trinajstić information content (AvgIpc) is 3.10. The van der Waals surface area contributed by atoms with Gasteiger partial charge in [0.25, 0.3) is 5.91 Å². The molecule has 6 nitrogen and oxygen atoms in total. The Morgan fingerprint density at radius 2 is 1.88 bits per heavy atom. The molecular weight excluding hydrogens is 318 g/mol. The summed E-state index contributed by atoms with van der Waals surface area (Å²) >= 11 is 0. The van der Waals surface area contributed by atoms with Crippen LogP contribution in [-0.4, -0.2) is 39.3 Å². The van der Waals surface area contributed by atoms with Crippen LogP contribution in [0.15, 0.2) is 67.0 Å². The minimum Gasteiger partial charge on any atom is -0.504 e. The van der Waals surface area contributed by atoms with E-state index in [1.165, 1.54) is 6.07 Å². The SMILES string of the molecule is CN(Cc1cnn(-c2ccccc2)c1)C(=O)COc1ccccc1O. The molecule has 3 aromatic rings. The highest BCUT2D eigenvalue weighted by molar-refractivity contribution is 5.77. The van der Waals surface area contributed by atoms with Gasteiger partial charge in [-0.15, -0.1) is 0 Å². The molecule has 1 N–H and O–H groups in total. The van der Waals surface area contributed by atoms with E-state index in [-0.39, 0.29) is 18.3 Å². The third kappa shape index (κ3) is 4.17. The Balaban J connectivity index is 1.57. The molecular formula is C19H19N3O3. The largest absolute Gasteiger partial charge is 0.504 e. The maximum atomic E-state index is 12.2. The summed E-state index contributed by atoms with van der Waals surface area (Å²) in [6.07, 6.45) is 3.63. The Hall–Kier alpha value is -3.28. The maximum absolute atomic E-state index is 12.2. The van der Waals surface area contributed by atoms with Gasteiger partial charge < -0.3 is 14.7 Å². The van der Waals surface area contributed by atoms with Gasteiger partial charge in [0.05, 0.1) is 11.9 Å². The predicted octanol–water partition coefficient (Wildman–Crippen LogP) is 2.62. The molecule has 0 bridgehead atoms. The number of hydrogen-bond donors (Lipinski definition) is 1. The molecule has 2 aromatic carbocycles. The minimum atomic E-state index is -0.185. The number of likely N-dealkylation sites (N-methyl/N-ethyl adjacent to an activating group) is 1. The van der Waals surface area contributed by atoms with Crippen molar-refractivity contribution in [1.82, 2.24) is 14.7 Å². The molecule has 0 aliphatic carbocycles. The van der Waals surface area contributed by atoms with Crippen molar-refractivity contribution in [3.63, 3.8) is 0 Å². The monoisotopic (exact) mass is 337 g/mol. The van der Waals surface area contributed by atoms with Crippen LogP contribution in [-0.2, 0) is 11.3 Å². The first-order chi connectivity index (χ1) is 12.1. The molecule has 0 atom stereocenters. The van der Waals surface area contributed by atoms with Crippen LogP contribution in [0.25, 0.3) is 5.69 Å². The summed E-state index contributed by atoms with van der Waals surface area (Å²) in [7, 11) is 1.70. The van der Waals surface area contributed by atoms with Crippen molar-refractivity contribution in [2.24, 2.45) is 0 Å². The highest BCUT2D eigenvalue weighted by Crippen LogP contribution is 2.24. The van der Waals surface area contributed by atoms with E-state index >= 15 is 0 Å². The van der Waals surface area contributed by atoms with Crippen molar-refractivity contribution in [3.8, 4) is 17.2 Å². The Morgan fingerprint density at radius 1 is 1.16 bits per heavy atom. The standard InChI is InChI=1S/C19H19N3O3/c1-21(19(24)14-25-18-10-6-5-9-17(18)23)12-15-11-20-22(13-15)16-7-3-2-4-8-16/h2-11,13,23H,12,14H2,1H3. The summed E-state index contributed by atoms with van der Waals surface area (Å²) in [5.74, 6) is 0.124. The highest BCUT2D eigenvalue weighted by atomic mass is 16.5. The normalized spacial score (nSPS) is 10.4. The molecule has 0 aliphatic heterocycles. The van der Waals surface area contributed by atoms with Gasteiger partial charge in [-0.25, -0.2) is 4.68 Å². The molecule has 1 amide bonds. The van der Waals surface area contributed by atoms with Crippen molar-refractivity contribution >= 4 is 5.91 Å². The van der Waals surface area contributed by atoms with Crippen molar-refractivity contribution in [3.05, 3.63) is 72.6 Å². The minimum absolute atomic E-state index is 0.0158. The summed E-state index contributed by atoms with van der Waals surface area (Å²) in [6, 6.07) is 16.3. The smallest absolute Gasteiger partial charge is 0.260 e. The number of nitrogens with zero attached hydrogens (tertiary/aromatic N) is 3. The number of carbonyl (C=O) groups excluding carboxylic acids is 1. The fourth-order valence-electron chi connectivity index (χ4n) is 2.35. The van der Waals surface area contributed by atoms with Crippen molar-refractivity contribution < 1.29 is 14.6 Å². The second-order valence-electron chi connectivity index (χ2n) is 5.63. The lowest BCUT2D eigenvalue weighted by Crippen LogP contribution is -2.30.